The number of hydrogen-bond donors (Lipinski definition) is 2. The minimum Gasteiger partial charge on any atom is -0.465 e. The van der Waals surface area contributed by atoms with Gasteiger partial charge in [0.15, 0.2) is 5.65 Å². The van der Waals surface area contributed by atoms with Crippen LogP contribution in [0.25, 0.3) is 17.0 Å². The van der Waals surface area contributed by atoms with Crippen molar-refractivity contribution in [1.29, 1.82) is 0 Å². The zero-order chi connectivity index (χ0) is 25.4. The van der Waals surface area contributed by atoms with Crippen molar-refractivity contribution in [3.8, 4) is 11.4 Å². The minimum absolute atomic E-state index is 0.0277. The second-order valence-electron chi connectivity index (χ2n) is 9.60. The van der Waals surface area contributed by atoms with E-state index in [0.29, 0.717) is 0 Å². The van der Waals surface area contributed by atoms with Crippen LogP contribution in [0, 0.1) is 5.82 Å². The number of nitrogens with zero attached hydrogens (tertiary/aromatic N) is 6. The van der Waals surface area contributed by atoms with Crippen LogP contribution in [0.3, 0.4) is 0 Å². The molecule has 2 aliphatic rings. The summed E-state index contributed by atoms with van der Waals surface area (Å²) in [5.74, 6) is 1.45. The predicted octanol–water partition coefficient (Wildman–Crippen LogP) is 4.51. The van der Waals surface area contributed by atoms with E-state index in [0.717, 1.165) is 79.6 Å². The van der Waals surface area contributed by atoms with Crippen molar-refractivity contribution in [1.82, 2.24) is 24.9 Å². The number of nitrogens with one attached hydrogen (secondary N) is 1. The van der Waals surface area contributed by atoms with Gasteiger partial charge >= 0.3 is 6.09 Å². The van der Waals surface area contributed by atoms with Crippen LogP contribution < -0.4 is 15.1 Å². The molecule has 1 unspecified atom stereocenters. The first kappa shape index (κ1) is 23.2. The van der Waals surface area contributed by atoms with Crippen LogP contribution in [0.2, 0.25) is 0 Å². The number of carbonyl (C=O) groups is 1. The molecule has 0 aliphatic carbocycles. The molecule has 37 heavy (non-hydrogen) atoms. The minimum atomic E-state index is -0.978. The second-order valence-corrected chi connectivity index (χ2v) is 9.60. The van der Waals surface area contributed by atoms with Crippen molar-refractivity contribution >= 4 is 23.4 Å². The van der Waals surface area contributed by atoms with Gasteiger partial charge in [-0.25, -0.2) is 23.7 Å². The van der Waals surface area contributed by atoms with Gasteiger partial charge in [0.05, 0.1) is 17.9 Å². The van der Waals surface area contributed by atoms with E-state index in [2.05, 4.69) is 20.1 Å². The molecule has 3 aromatic heterocycles. The molecule has 0 radical (unpaired) electrons. The molecule has 10 heteroatoms. The maximum Gasteiger partial charge on any atom is 0.404 e. The molecule has 2 fully saturated rings. The highest BCUT2D eigenvalue weighted by molar-refractivity contribution is 5.65. The Bertz CT molecular complexity index is 1430. The Labute approximate surface area is 213 Å². The van der Waals surface area contributed by atoms with Gasteiger partial charge in [0.2, 0.25) is 0 Å². The van der Waals surface area contributed by atoms with Gasteiger partial charge in [0.25, 0.3) is 0 Å². The van der Waals surface area contributed by atoms with Crippen LogP contribution in [0.15, 0.2) is 60.8 Å². The van der Waals surface area contributed by atoms with Crippen LogP contribution in [0.5, 0.6) is 0 Å². The van der Waals surface area contributed by atoms with E-state index < -0.39 is 6.09 Å². The van der Waals surface area contributed by atoms with Gasteiger partial charge < -0.3 is 20.2 Å². The maximum atomic E-state index is 13.9. The first-order valence-electron chi connectivity index (χ1n) is 12.6. The molecule has 0 spiro atoms. The van der Waals surface area contributed by atoms with Crippen LogP contribution in [0.4, 0.5) is 20.8 Å². The summed E-state index contributed by atoms with van der Waals surface area (Å²) in [7, 11) is 0. The average molecular weight is 502 g/mol. The molecule has 1 atom stereocenters. The smallest absolute Gasteiger partial charge is 0.404 e. The van der Waals surface area contributed by atoms with Gasteiger partial charge in [-0.3, -0.25) is 0 Å². The van der Waals surface area contributed by atoms with E-state index >= 15 is 0 Å². The van der Waals surface area contributed by atoms with Gasteiger partial charge in [-0.2, -0.15) is 0 Å². The zero-order valence-electron chi connectivity index (χ0n) is 20.3. The van der Waals surface area contributed by atoms with Crippen molar-refractivity contribution < 1.29 is 14.3 Å². The lowest BCUT2D eigenvalue weighted by atomic mass is 10.0. The molecular formula is C27H28FN7O2. The van der Waals surface area contributed by atoms with E-state index in [1.54, 1.807) is 18.3 Å². The van der Waals surface area contributed by atoms with Crippen LogP contribution in [0.1, 0.15) is 37.3 Å². The van der Waals surface area contributed by atoms with Crippen molar-refractivity contribution in [3.63, 3.8) is 0 Å². The first-order chi connectivity index (χ1) is 18.0. The Kier molecular flexibility index (Phi) is 6.07. The number of aromatic nitrogens is 4. The van der Waals surface area contributed by atoms with E-state index in [1.165, 1.54) is 6.07 Å². The molecule has 2 aliphatic heterocycles. The van der Waals surface area contributed by atoms with E-state index in [9.17, 15) is 9.18 Å². The van der Waals surface area contributed by atoms with Crippen molar-refractivity contribution in [2.24, 2.45) is 0 Å². The third-order valence-electron chi connectivity index (χ3n) is 7.27. The van der Waals surface area contributed by atoms with Crippen LogP contribution in [-0.2, 0) is 0 Å². The molecule has 1 amide bonds. The highest BCUT2D eigenvalue weighted by atomic mass is 19.1. The fourth-order valence-corrected chi connectivity index (χ4v) is 5.46. The summed E-state index contributed by atoms with van der Waals surface area (Å²) in [6.07, 6.45) is 4.24. The molecule has 2 N–H and O–H groups in total. The highest BCUT2D eigenvalue weighted by Gasteiger charge is 2.28. The second kappa shape index (κ2) is 9.68. The van der Waals surface area contributed by atoms with E-state index in [4.69, 9.17) is 15.2 Å². The molecule has 4 aromatic rings. The van der Waals surface area contributed by atoms with Gasteiger partial charge in [-0.1, -0.05) is 18.2 Å². The molecular weight excluding hydrogens is 473 g/mol. The summed E-state index contributed by atoms with van der Waals surface area (Å²) >= 11 is 0. The quantitative estimate of drug-likeness (QED) is 0.415. The summed E-state index contributed by atoms with van der Waals surface area (Å²) in [5.41, 5.74) is 3.25. The standard InChI is InChI=1S/C27H28FN7O2/c28-19-5-1-4-18(16-19)22-7-3-13-34(22)26-10-9-24-29-17-23(35(24)32-26)21-6-2-8-25(31-21)33-14-11-20(12-15-33)30-27(36)37/h1-2,4-6,8-10,16-17,20,22,30H,3,7,11-15H2,(H,36,37). The van der Waals surface area contributed by atoms with E-state index in [-0.39, 0.29) is 17.9 Å². The number of halogens is 1. The lowest BCUT2D eigenvalue weighted by Gasteiger charge is -2.32. The van der Waals surface area contributed by atoms with Crippen molar-refractivity contribution in [3.05, 3.63) is 72.2 Å². The van der Waals surface area contributed by atoms with Gasteiger partial charge in [-0.15, -0.1) is 5.10 Å². The summed E-state index contributed by atoms with van der Waals surface area (Å²) in [6, 6.07) is 16.7. The fraction of sp³-hybridized carbons (Fsp3) is 0.333. The third kappa shape index (κ3) is 4.66. The predicted molar refractivity (Wildman–Crippen MR) is 138 cm³/mol. The average Bonchev–Trinajstić information content (AvgIpc) is 3.56. The summed E-state index contributed by atoms with van der Waals surface area (Å²) in [5, 5.41) is 16.5. The Hall–Kier alpha value is -4.21. The Morgan fingerprint density at radius 1 is 1.00 bits per heavy atom. The van der Waals surface area contributed by atoms with Gasteiger partial charge in [-0.05, 0) is 67.6 Å². The molecule has 1 aromatic carbocycles. The topological polar surface area (TPSA) is 98.9 Å². The Morgan fingerprint density at radius 2 is 1.84 bits per heavy atom. The number of imidazole rings is 1. The van der Waals surface area contributed by atoms with Crippen molar-refractivity contribution in [2.45, 2.75) is 37.8 Å². The van der Waals surface area contributed by atoms with Gasteiger partial charge in [0.1, 0.15) is 23.1 Å². The third-order valence-corrected chi connectivity index (χ3v) is 7.27. The summed E-state index contributed by atoms with van der Waals surface area (Å²) < 4.78 is 15.7. The number of carboxylic acid groups (broad SMARTS) is 1. The van der Waals surface area contributed by atoms with Crippen LogP contribution >= 0.6 is 0 Å². The lowest BCUT2D eigenvalue weighted by Crippen LogP contribution is -2.44. The number of anilines is 2. The SMILES string of the molecule is O=C(O)NC1CCN(c2cccc(-c3cnc4ccc(N5CCCC5c5cccc(F)c5)nn34)n2)CC1. The zero-order valence-corrected chi connectivity index (χ0v) is 20.3. The number of benzene rings is 1. The number of pyridine rings is 1. The molecule has 6 rings (SSSR count). The fourth-order valence-electron chi connectivity index (χ4n) is 5.46. The highest BCUT2D eigenvalue weighted by Crippen LogP contribution is 2.35. The first-order valence-corrected chi connectivity index (χ1v) is 12.6. The molecule has 0 bridgehead atoms. The van der Waals surface area contributed by atoms with Crippen LogP contribution in [-0.4, -0.2) is 56.5 Å². The molecule has 9 nitrogen and oxygen atoms in total. The largest absolute Gasteiger partial charge is 0.465 e. The monoisotopic (exact) mass is 501 g/mol. The normalized spacial score (nSPS) is 18.5. The molecule has 190 valence electrons. The summed E-state index contributed by atoms with van der Waals surface area (Å²) in [6.45, 7) is 2.31. The number of rotatable bonds is 5. The Balaban J connectivity index is 1.27. The lowest BCUT2D eigenvalue weighted by molar-refractivity contribution is 0.187. The van der Waals surface area contributed by atoms with Gasteiger partial charge in [0, 0.05) is 25.7 Å². The molecule has 0 saturated carbocycles. The maximum absolute atomic E-state index is 13.9. The number of hydrogen-bond acceptors (Lipinski definition) is 6. The summed E-state index contributed by atoms with van der Waals surface area (Å²) in [4.78, 5) is 24.8. The number of piperidine rings is 1. The molecule has 2 saturated heterocycles. The molecule has 5 heterocycles. The number of fused-ring (bicyclic) bond motifs is 1. The van der Waals surface area contributed by atoms with E-state index in [1.807, 2.05) is 40.9 Å². The Morgan fingerprint density at radius 3 is 2.65 bits per heavy atom. The number of amides is 1. The van der Waals surface area contributed by atoms with Crippen molar-refractivity contribution in [2.75, 3.05) is 29.4 Å².